The summed E-state index contributed by atoms with van der Waals surface area (Å²) >= 11 is 3.55. The van der Waals surface area contributed by atoms with Crippen molar-refractivity contribution in [3.05, 3.63) is 27.1 Å². The summed E-state index contributed by atoms with van der Waals surface area (Å²) in [4.78, 5) is 16.8. The molecule has 1 saturated carbocycles. The van der Waals surface area contributed by atoms with Gasteiger partial charge in [-0.25, -0.2) is 4.79 Å². The summed E-state index contributed by atoms with van der Waals surface area (Å²) in [5.41, 5.74) is 2.56. The number of hydrogen-bond acceptors (Lipinski definition) is 2. The van der Waals surface area contributed by atoms with Gasteiger partial charge in [-0.15, -0.1) is 0 Å². The molecule has 3 N–H and O–H groups in total. The second-order valence-electron chi connectivity index (χ2n) is 5.77. The van der Waals surface area contributed by atoms with E-state index in [9.17, 15) is 4.79 Å². The van der Waals surface area contributed by atoms with Crippen molar-refractivity contribution >= 4 is 32.7 Å². The van der Waals surface area contributed by atoms with E-state index in [1.54, 1.807) is 0 Å². The van der Waals surface area contributed by atoms with Gasteiger partial charge in [-0.1, -0.05) is 13.8 Å². The molecule has 0 spiro atoms. The van der Waals surface area contributed by atoms with Gasteiger partial charge in [0.15, 0.2) is 0 Å². The second-order valence-corrected chi connectivity index (χ2v) is 6.63. The second kappa shape index (κ2) is 4.71. The van der Waals surface area contributed by atoms with Crippen LogP contribution in [0.25, 0.3) is 11.0 Å². The molecule has 0 saturated heterocycles. The number of imidazole rings is 1. The third-order valence-corrected chi connectivity index (χ3v) is 4.74. The van der Waals surface area contributed by atoms with Gasteiger partial charge in [0, 0.05) is 10.5 Å². The van der Waals surface area contributed by atoms with Crippen LogP contribution in [-0.4, -0.2) is 16.0 Å². The van der Waals surface area contributed by atoms with Gasteiger partial charge < -0.3 is 15.3 Å². The Hall–Kier alpha value is -1.23. The standard InChI is InChI=1S/C14H18BrN3O/c1-7(2)8-3-9(4-8)16-11-6-13-12(5-10(11)15)17-14(19)18-13/h5-9,16H,3-4H2,1-2H3,(H2,17,18,19). The lowest BCUT2D eigenvalue weighted by Crippen LogP contribution is -2.37. The van der Waals surface area contributed by atoms with Crippen LogP contribution < -0.4 is 11.0 Å². The molecule has 1 aliphatic carbocycles. The van der Waals surface area contributed by atoms with Crippen LogP contribution in [0.15, 0.2) is 21.4 Å². The molecule has 0 atom stereocenters. The van der Waals surface area contributed by atoms with E-state index in [1.165, 1.54) is 12.8 Å². The molecule has 0 unspecified atom stereocenters. The first-order valence-electron chi connectivity index (χ1n) is 6.71. The van der Waals surface area contributed by atoms with E-state index in [-0.39, 0.29) is 5.69 Å². The van der Waals surface area contributed by atoms with E-state index in [2.05, 4.69) is 45.1 Å². The van der Waals surface area contributed by atoms with Gasteiger partial charge in [-0.2, -0.15) is 0 Å². The van der Waals surface area contributed by atoms with E-state index in [0.717, 1.165) is 33.0 Å². The van der Waals surface area contributed by atoms with Crippen molar-refractivity contribution in [2.75, 3.05) is 5.32 Å². The molecule has 1 aromatic carbocycles. The molecule has 1 heterocycles. The Morgan fingerprint density at radius 1 is 1.26 bits per heavy atom. The third-order valence-electron chi connectivity index (χ3n) is 4.08. The van der Waals surface area contributed by atoms with E-state index in [1.807, 2.05) is 12.1 Å². The molecule has 102 valence electrons. The number of nitrogens with one attached hydrogen (secondary N) is 3. The summed E-state index contributed by atoms with van der Waals surface area (Å²) in [6.07, 6.45) is 2.46. The maximum Gasteiger partial charge on any atom is 0.323 e. The number of H-pyrrole nitrogens is 2. The molecular formula is C14H18BrN3O. The molecular weight excluding hydrogens is 306 g/mol. The Kier molecular flexibility index (Phi) is 3.17. The van der Waals surface area contributed by atoms with E-state index in [4.69, 9.17) is 0 Å². The van der Waals surface area contributed by atoms with Crippen LogP contribution in [0.4, 0.5) is 5.69 Å². The van der Waals surface area contributed by atoms with Crippen LogP contribution in [0, 0.1) is 11.8 Å². The number of rotatable bonds is 3. The van der Waals surface area contributed by atoms with Crippen LogP contribution in [0.5, 0.6) is 0 Å². The molecule has 4 nitrogen and oxygen atoms in total. The van der Waals surface area contributed by atoms with Gasteiger partial charge in [-0.05, 0) is 52.7 Å². The maximum atomic E-state index is 11.3. The van der Waals surface area contributed by atoms with Crippen molar-refractivity contribution in [2.24, 2.45) is 11.8 Å². The van der Waals surface area contributed by atoms with Gasteiger partial charge in [0.05, 0.1) is 16.7 Å². The molecule has 0 radical (unpaired) electrons. The fraction of sp³-hybridized carbons (Fsp3) is 0.500. The van der Waals surface area contributed by atoms with Gasteiger partial charge in [0.2, 0.25) is 0 Å². The van der Waals surface area contributed by atoms with Gasteiger partial charge in [0.1, 0.15) is 0 Å². The highest BCUT2D eigenvalue weighted by molar-refractivity contribution is 9.10. The largest absolute Gasteiger partial charge is 0.381 e. The predicted molar refractivity (Wildman–Crippen MR) is 81.6 cm³/mol. The SMILES string of the molecule is CC(C)C1CC(Nc2cc3[nH]c(=O)[nH]c3cc2Br)C1. The Bertz CT molecular complexity index is 652. The normalized spacial score (nSPS) is 22.7. The molecule has 2 aromatic rings. The van der Waals surface area contributed by atoms with Crippen molar-refractivity contribution in [3.8, 4) is 0 Å². The van der Waals surface area contributed by atoms with Crippen LogP contribution in [0.2, 0.25) is 0 Å². The van der Waals surface area contributed by atoms with E-state index in [0.29, 0.717) is 6.04 Å². The highest BCUT2D eigenvalue weighted by atomic mass is 79.9. The fourth-order valence-corrected chi connectivity index (χ4v) is 3.17. The summed E-state index contributed by atoms with van der Waals surface area (Å²) in [5, 5.41) is 3.55. The molecule has 1 aromatic heterocycles. The van der Waals surface area contributed by atoms with Crippen LogP contribution in [-0.2, 0) is 0 Å². The average Bonchev–Trinajstić information content (AvgIpc) is 2.61. The zero-order valence-electron chi connectivity index (χ0n) is 11.1. The summed E-state index contributed by atoms with van der Waals surface area (Å²) in [7, 11) is 0. The highest BCUT2D eigenvalue weighted by Gasteiger charge is 2.31. The Morgan fingerprint density at radius 2 is 1.89 bits per heavy atom. The molecule has 0 bridgehead atoms. The van der Waals surface area contributed by atoms with E-state index < -0.39 is 0 Å². The molecule has 5 heteroatoms. The topological polar surface area (TPSA) is 60.7 Å². The van der Waals surface area contributed by atoms with Crippen molar-refractivity contribution < 1.29 is 0 Å². The maximum absolute atomic E-state index is 11.3. The molecule has 0 amide bonds. The lowest BCUT2D eigenvalue weighted by molar-refractivity contribution is 0.212. The molecule has 3 rings (SSSR count). The van der Waals surface area contributed by atoms with Crippen molar-refractivity contribution in [2.45, 2.75) is 32.7 Å². The third kappa shape index (κ3) is 2.43. The Balaban J connectivity index is 1.78. The summed E-state index contributed by atoms with van der Waals surface area (Å²) < 4.78 is 0.989. The quantitative estimate of drug-likeness (QED) is 0.810. The monoisotopic (exact) mass is 323 g/mol. The summed E-state index contributed by atoms with van der Waals surface area (Å²) in [6.45, 7) is 4.57. The molecule has 1 fully saturated rings. The first-order valence-corrected chi connectivity index (χ1v) is 7.50. The Labute approximate surface area is 120 Å². The van der Waals surface area contributed by atoms with Gasteiger partial charge >= 0.3 is 5.69 Å². The van der Waals surface area contributed by atoms with Gasteiger partial charge in [0.25, 0.3) is 0 Å². The molecule has 19 heavy (non-hydrogen) atoms. The molecule has 1 aliphatic rings. The number of aromatic amines is 2. The van der Waals surface area contributed by atoms with E-state index >= 15 is 0 Å². The lowest BCUT2D eigenvalue weighted by atomic mass is 9.73. The zero-order valence-corrected chi connectivity index (χ0v) is 12.7. The fourth-order valence-electron chi connectivity index (χ4n) is 2.71. The smallest absolute Gasteiger partial charge is 0.323 e. The number of hydrogen-bond donors (Lipinski definition) is 3. The minimum atomic E-state index is -0.164. The predicted octanol–water partition coefficient (Wildman–Crippen LogP) is 3.47. The van der Waals surface area contributed by atoms with Crippen LogP contribution in [0.1, 0.15) is 26.7 Å². The zero-order chi connectivity index (χ0) is 13.6. The number of halogens is 1. The van der Waals surface area contributed by atoms with Gasteiger partial charge in [-0.3, -0.25) is 0 Å². The van der Waals surface area contributed by atoms with Crippen LogP contribution in [0.3, 0.4) is 0 Å². The summed E-state index contributed by atoms with van der Waals surface area (Å²) in [5.74, 6) is 1.61. The first kappa shape index (κ1) is 12.8. The number of aromatic nitrogens is 2. The molecule has 0 aliphatic heterocycles. The minimum absolute atomic E-state index is 0.164. The number of anilines is 1. The van der Waals surface area contributed by atoms with Crippen molar-refractivity contribution in [3.63, 3.8) is 0 Å². The lowest BCUT2D eigenvalue weighted by Gasteiger charge is -2.39. The highest BCUT2D eigenvalue weighted by Crippen LogP contribution is 2.37. The van der Waals surface area contributed by atoms with Crippen LogP contribution >= 0.6 is 15.9 Å². The number of benzene rings is 1. The minimum Gasteiger partial charge on any atom is -0.381 e. The Morgan fingerprint density at radius 3 is 2.53 bits per heavy atom. The summed E-state index contributed by atoms with van der Waals surface area (Å²) in [6, 6.07) is 4.47. The number of fused-ring (bicyclic) bond motifs is 1. The average molecular weight is 324 g/mol. The first-order chi connectivity index (χ1) is 9.02. The van der Waals surface area contributed by atoms with Crippen molar-refractivity contribution in [1.82, 2.24) is 9.97 Å². The van der Waals surface area contributed by atoms with Crippen molar-refractivity contribution in [1.29, 1.82) is 0 Å².